The zero-order valence-corrected chi connectivity index (χ0v) is 18.7. The molecule has 1 saturated carbocycles. The van der Waals surface area contributed by atoms with Gasteiger partial charge in [0.05, 0.1) is 4.90 Å². The molecule has 0 aromatic heterocycles. The highest BCUT2D eigenvalue weighted by Crippen LogP contribution is 2.28. The summed E-state index contributed by atoms with van der Waals surface area (Å²) in [6.45, 7) is 0.590. The molecular formula is C23H29N3O5S. The Labute approximate surface area is 188 Å². The molecule has 2 amide bonds. The lowest BCUT2D eigenvalue weighted by atomic mass is 9.95. The summed E-state index contributed by atoms with van der Waals surface area (Å²) in [6, 6.07) is 9.96. The fourth-order valence-corrected chi connectivity index (χ4v) is 6.20. The molecule has 8 nitrogen and oxygen atoms in total. The maximum atomic E-state index is 13.2. The molecule has 2 aliphatic rings. The van der Waals surface area contributed by atoms with Gasteiger partial charge >= 0.3 is 6.09 Å². The number of rotatable bonds is 5. The highest BCUT2D eigenvalue weighted by molar-refractivity contribution is 7.89. The number of piperidine rings is 1. The standard InChI is InChI=1S/C23H29N3O5S/c27-22(24-16-6-2-1-3-7-16)20-10-11-21(19-9-5-4-8-18(19)20)32(30,31)25-17-12-14-26(15-13-17)23(28)29/h4-5,8-11,16-17,25H,1-3,6-7,12-15H2,(H,24,27)(H,28,29). The van der Waals surface area contributed by atoms with E-state index < -0.39 is 16.1 Å². The highest BCUT2D eigenvalue weighted by atomic mass is 32.2. The zero-order valence-electron chi connectivity index (χ0n) is 17.9. The van der Waals surface area contributed by atoms with Gasteiger partial charge in [-0.15, -0.1) is 0 Å². The summed E-state index contributed by atoms with van der Waals surface area (Å²) < 4.78 is 29.1. The Morgan fingerprint density at radius 1 is 0.875 bits per heavy atom. The van der Waals surface area contributed by atoms with E-state index in [4.69, 9.17) is 5.11 Å². The van der Waals surface area contributed by atoms with Crippen molar-refractivity contribution in [1.29, 1.82) is 0 Å². The van der Waals surface area contributed by atoms with Crippen LogP contribution in [0.25, 0.3) is 10.8 Å². The molecule has 1 aliphatic heterocycles. The van der Waals surface area contributed by atoms with Crippen molar-refractivity contribution in [1.82, 2.24) is 14.9 Å². The summed E-state index contributed by atoms with van der Waals surface area (Å²) in [5.74, 6) is -0.175. The number of likely N-dealkylation sites (tertiary alicyclic amines) is 1. The van der Waals surface area contributed by atoms with Gasteiger partial charge in [0.25, 0.3) is 5.91 Å². The third-order valence-corrected chi connectivity index (χ3v) is 8.02. The molecule has 32 heavy (non-hydrogen) atoms. The van der Waals surface area contributed by atoms with E-state index >= 15 is 0 Å². The van der Waals surface area contributed by atoms with Crippen molar-refractivity contribution >= 4 is 32.8 Å². The van der Waals surface area contributed by atoms with Crippen molar-refractivity contribution in [2.75, 3.05) is 13.1 Å². The van der Waals surface area contributed by atoms with Gasteiger partial charge in [-0.3, -0.25) is 4.79 Å². The average molecular weight is 460 g/mol. The first kappa shape index (κ1) is 22.5. The lowest BCUT2D eigenvalue weighted by Gasteiger charge is -2.30. The highest BCUT2D eigenvalue weighted by Gasteiger charge is 2.28. The first-order valence-corrected chi connectivity index (χ1v) is 12.7. The van der Waals surface area contributed by atoms with Crippen molar-refractivity contribution in [3.63, 3.8) is 0 Å². The molecule has 0 unspecified atom stereocenters. The van der Waals surface area contributed by atoms with Crippen LogP contribution in [0.4, 0.5) is 4.79 Å². The van der Waals surface area contributed by atoms with Crippen LogP contribution in [-0.2, 0) is 10.0 Å². The second kappa shape index (κ2) is 9.46. The molecule has 2 aromatic carbocycles. The minimum Gasteiger partial charge on any atom is -0.465 e. The molecule has 9 heteroatoms. The van der Waals surface area contributed by atoms with E-state index in [2.05, 4.69) is 10.0 Å². The molecule has 3 N–H and O–H groups in total. The SMILES string of the molecule is O=C(NC1CCCCC1)c1ccc(S(=O)(=O)NC2CCN(C(=O)O)CC2)c2ccccc12. The zero-order chi connectivity index (χ0) is 22.7. The van der Waals surface area contributed by atoms with Gasteiger partial charge < -0.3 is 15.3 Å². The van der Waals surface area contributed by atoms with E-state index in [9.17, 15) is 18.0 Å². The molecule has 0 bridgehead atoms. The van der Waals surface area contributed by atoms with Gasteiger partial charge in [-0.25, -0.2) is 17.9 Å². The predicted molar refractivity (Wildman–Crippen MR) is 121 cm³/mol. The van der Waals surface area contributed by atoms with Crippen molar-refractivity contribution in [2.24, 2.45) is 0 Å². The number of nitrogens with zero attached hydrogens (tertiary/aromatic N) is 1. The molecule has 2 fully saturated rings. The van der Waals surface area contributed by atoms with E-state index in [1.807, 2.05) is 0 Å². The number of benzene rings is 2. The third-order valence-electron chi connectivity index (χ3n) is 6.45. The van der Waals surface area contributed by atoms with Gasteiger partial charge in [0.1, 0.15) is 0 Å². The largest absolute Gasteiger partial charge is 0.465 e. The van der Waals surface area contributed by atoms with Gasteiger partial charge in [0.15, 0.2) is 0 Å². The summed E-state index contributed by atoms with van der Waals surface area (Å²) >= 11 is 0. The average Bonchev–Trinajstić information content (AvgIpc) is 2.79. The maximum absolute atomic E-state index is 13.2. The number of carbonyl (C=O) groups is 2. The van der Waals surface area contributed by atoms with Crippen molar-refractivity contribution in [3.05, 3.63) is 42.0 Å². The van der Waals surface area contributed by atoms with E-state index in [1.165, 1.54) is 17.4 Å². The van der Waals surface area contributed by atoms with Gasteiger partial charge in [-0.1, -0.05) is 43.5 Å². The Bertz CT molecular complexity index is 1100. The fourth-order valence-electron chi connectivity index (χ4n) is 4.69. The maximum Gasteiger partial charge on any atom is 0.407 e. The Balaban J connectivity index is 1.56. The summed E-state index contributed by atoms with van der Waals surface area (Å²) in [7, 11) is -3.84. The molecule has 0 atom stereocenters. The summed E-state index contributed by atoms with van der Waals surface area (Å²) in [4.78, 5) is 25.5. The molecule has 0 radical (unpaired) electrons. The van der Waals surface area contributed by atoms with Gasteiger partial charge in [-0.2, -0.15) is 0 Å². The Morgan fingerprint density at radius 3 is 2.19 bits per heavy atom. The minimum absolute atomic E-state index is 0.128. The van der Waals surface area contributed by atoms with E-state index in [0.717, 1.165) is 25.7 Å². The topological polar surface area (TPSA) is 116 Å². The minimum atomic E-state index is -3.84. The normalized spacial score (nSPS) is 18.6. The molecule has 4 rings (SSSR count). The second-order valence-corrected chi connectivity index (χ2v) is 10.3. The van der Waals surface area contributed by atoms with Gasteiger partial charge in [-0.05, 0) is 43.2 Å². The molecule has 172 valence electrons. The fraction of sp³-hybridized carbons (Fsp3) is 0.478. The molecule has 0 spiro atoms. The van der Waals surface area contributed by atoms with Crippen LogP contribution in [0.15, 0.2) is 41.3 Å². The van der Waals surface area contributed by atoms with Crippen LogP contribution in [0.2, 0.25) is 0 Å². The Kier molecular flexibility index (Phi) is 6.66. The second-order valence-electron chi connectivity index (χ2n) is 8.63. The van der Waals surface area contributed by atoms with Crippen LogP contribution in [-0.4, -0.2) is 55.6 Å². The van der Waals surface area contributed by atoms with E-state index in [-0.39, 0.29) is 22.9 Å². The van der Waals surface area contributed by atoms with Crippen molar-refractivity contribution in [3.8, 4) is 0 Å². The van der Waals surface area contributed by atoms with Crippen LogP contribution in [0.3, 0.4) is 0 Å². The van der Waals surface area contributed by atoms with Gasteiger partial charge in [0, 0.05) is 36.1 Å². The number of hydrogen-bond acceptors (Lipinski definition) is 4. The van der Waals surface area contributed by atoms with Crippen LogP contribution in [0, 0.1) is 0 Å². The lowest BCUT2D eigenvalue weighted by Crippen LogP contribution is -2.46. The van der Waals surface area contributed by atoms with Gasteiger partial charge in [0.2, 0.25) is 10.0 Å². The first-order valence-electron chi connectivity index (χ1n) is 11.2. The number of fused-ring (bicyclic) bond motifs is 1. The van der Waals surface area contributed by atoms with Crippen LogP contribution < -0.4 is 10.0 Å². The monoisotopic (exact) mass is 459 g/mol. The van der Waals surface area contributed by atoms with Crippen LogP contribution >= 0.6 is 0 Å². The molecule has 1 saturated heterocycles. The van der Waals surface area contributed by atoms with Crippen molar-refractivity contribution in [2.45, 2.75) is 61.9 Å². The van der Waals surface area contributed by atoms with E-state index in [0.29, 0.717) is 42.3 Å². The molecule has 1 aliphatic carbocycles. The number of amides is 2. The number of sulfonamides is 1. The third kappa shape index (κ3) is 4.88. The number of nitrogens with one attached hydrogen (secondary N) is 2. The smallest absolute Gasteiger partial charge is 0.407 e. The number of carboxylic acid groups (broad SMARTS) is 1. The van der Waals surface area contributed by atoms with Crippen LogP contribution in [0.1, 0.15) is 55.3 Å². The Morgan fingerprint density at radius 2 is 1.53 bits per heavy atom. The first-order chi connectivity index (χ1) is 15.3. The lowest BCUT2D eigenvalue weighted by molar-refractivity contribution is 0.0929. The summed E-state index contributed by atoms with van der Waals surface area (Å²) in [6.07, 6.45) is 5.22. The van der Waals surface area contributed by atoms with Crippen molar-refractivity contribution < 1.29 is 23.1 Å². The molecular weight excluding hydrogens is 430 g/mol. The summed E-state index contributed by atoms with van der Waals surface area (Å²) in [5.41, 5.74) is 0.472. The summed E-state index contributed by atoms with van der Waals surface area (Å²) in [5, 5.41) is 13.3. The van der Waals surface area contributed by atoms with E-state index in [1.54, 1.807) is 30.3 Å². The quantitative estimate of drug-likeness (QED) is 0.634. The molecule has 2 aromatic rings. The van der Waals surface area contributed by atoms with Crippen LogP contribution in [0.5, 0.6) is 0 Å². The number of carbonyl (C=O) groups excluding carboxylic acids is 1. The predicted octanol–water partition coefficient (Wildman–Crippen LogP) is 3.32. The number of hydrogen-bond donors (Lipinski definition) is 3. The Hall–Kier alpha value is -2.65. The molecule has 1 heterocycles.